The number of fused-ring (bicyclic) bond motifs is 2. The van der Waals surface area contributed by atoms with Gasteiger partial charge in [0.2, 0.25) is 0 Å². The first kappa shape index (κ1) is 22.8. The number of hydrogen-bond acceptors (Lipinski definition) is 7. The molecule has 34 heavy (non-hydrogen) atoms. The van der Waals surface area contributed by atoms with Crippen LogP contribution in [0, 0.1) is 0 Å². The molecule has 0 bridgehead atoms. The molecule has 1 aromatic carbocycles. The predicted octanol–water partition coefficient (Wildman–Crippen LogP) is 3.49. The number of carbonyl (C=O) groups excluding carboxylic acids is 1. The zero-order valence-electron chi connectivity index (χ0n) is 18.8. The van der Waals surface area contributed by atoms with Crippen LogP contribution in [0.4, 0.5) is 5.82 Å². The molecule has 7 nitrogen and oxygen atoms in total. The number of rotatable bonds is 6. The Labute approximate surface area is 207 Å². The van der Waals surface area contributed by atoms with Crippen LogP contribution in [0.3, 0.4) is 0 Å². The molecule has 1 amide bonds. The van der Waals surface area contributed by atoms with E-state index >= 15 is 0 Å². The van der Waals surface area contributed by atoms with Gasteiger partial charge in [0.1, 0.15) is 15.8 Å². The first-order chi connectivity index (χ1) is 16.6. The Hall–Kier alpha value is -3.01. The smallest absolute Gasteiger partial charge is 0.267 e. The fourth-order valence-corrected chi connectivity index (χ4v) is 5.62. The highest BCUT2D eigenvalue weighted by atomic mass is 32.2. The average molecular weight is 493 g/mol. The molecule has 5 rings (SSSR count). The van der Waals surface area contributed by atoms with E-state index in [4.69, 9.17) is 21.9 Å². The molecule has 2 aliphatic heterocycles. The molecule has 3 aromatic rings. The minimum Gasteiger partial charge on any atom is -0.385 e. The Balaban J connectivity index is 1.57. The van der Waals surface area contributed by atoms with Crippen LogP contribution in [-0.2, 0) is 22.5 Å². The van der Waals surface area contributed by atoms with Gasteiger partial charge in [0.15, 0.2) is 0 Å². The van der Waals surface area contributed by atoms with Gasteiger partial charge in [0.25, 0.3) is 11.5 Å². The third-order valence-electron chi connectivity index (χ3n) is 6.06. The summed E-state index contributed by atoms with van der Waals surface area (Å²) in [4.78, 5) is 35.7. The van der Waals surface area contributed by atoms with Crippen LogP contribution in [-0.4, -0.2) is 51.3 Å². The SMILES string of the molecule is COCCCN1C(=O)/C(=C/c2c(N3CCc4ccccc4C3)nc3ccccn3c2=O)SC1=S. The highest BCUT2D eigenvalue weighted by molar-refractivity contribution is 8.26. The van der Waals surface area contributed by atoms with Crippen molar-refractivity contribution in [3.05, 3.63) is 80.6 Å². The molecule has 4 heterocycles. The van der Waals surface area contributed by atoms with Crippen molar-refractivity contribution >= 4 is 51.7 Å². The number of anilines is 1. The summed E-state index contributed by atoms with van der Waals surface area (Å²) >= 11 is 6.68. The van der Waals surface area contributed by atoms with E-state index in [2.05, 4.69) is 23.1 Å². The molecule has 1 fully saturated rings. The molecule has 174 valence electrons. The predicted molar refractivity (Wildman–Crippen MR) is 139 cm³/mol. The Bertz CT molecular complexity index is 1370. The number of thioether (sulfide) groups is 1. The number of aromatic nitrogens is 2. The van der Waals surface area contributed by atoms with E-state index in [1.54, 1.807) is 30.3 Å². The van der Waals surface area contributed by atoms with Gasteiger partial charge in [-0.15, -0.1) is 0 Å². The third-order valence-corrected chi connectivity index (χ3v) is 7.44. The van der Waals surface area contributed by atoms with Gasteiger partial charge < -0.3 is 9.64 Å². The Morgan fingerprint density at radius 1 is 1.15 bits per heavy atom. The molecule has 2 aliphatic rings. The summed E-state index contributed by atoms with van der Waals surface area (Å²) in [6, 6.07) is 13.8. The van der Waals surface area contributed by atoms with Gasteiger partial charge in [-0.3, -0.25) is 18.9 Å². The van der Waals surface area contributed by atoms with Gasteiger partial charge in [0, 0.05) is 39.5 Å². The number of benzene rings is 1. The van der Waals surface area contributed by atoms with E-state index in [9.17, 15) is 9.59 Å². The second-order valence-corrected chi connectivity index (χ2v) is 9.88. The first-order valence-corrected chi connectivity index (χ1v) is 12.4. The average Bonchev–Trinajstić information content (AvgIpc) is 3.13. The minimum absolute atomic E-state index is 0.182. The minimum atomic E-state index is -0.205. The number of pyridine rings is 1. The van der Waals surface area contributed by atoms with Gasteiger partial charge in [-0.25, -0.2) is 4.98 Å². The molecule has 0 radical (unpaired) electrons. The fourth-order valence-electron chi connectivity index (χ4n) is 4.33. The highest BCUT2D eigenvalue weighted by Crippen LogP contribution is 2.34. The van der Waals surface area contributed by atoms with Gasteiger partial charge in [-0.05, 0) is 42.2 Å². The quantitative estimate of drug-likeness (QED) is 0.296. The van der Waals surface area contributed by atoms with Crippen molar-refractivity contribution in [1.82, 2.24) is 14.3 Å². The molecule has 0 aliphatic carbocycles. The number of carbonyl (C=O) groups is 1. The van der Waals surface area contributed by atoms with Crippen LogP contribution >= 0.6 is 24.0 Å². The van der Waals surface area contributed by atoms with E-state index in [0.29, 0.717) is 52.4 Å². The highest BCUT2D eigenvalue weighted by Gasteiger charge is 2.32. The molecule has 0 N–H and O–H groups in total. The molecular weight excluding hydrogens is 468 g/mol. The van der Waals surface area contributed by atoms with Crippen molar-refractivity contribution in [1.29, 1.82) is 0 Å². The first-order valence-electron chi connectivity index (χ1n) is 11.1. The van der Waals surface area contributed by atoms with Crippen LogP contribution < -0.4 is 10.5 Å². The summed E-state index contributed by atoms with van der Waals surface area (Å²) in [6.07, 6.45) is 4.93. The Morgan fingerprint density at radius 3 is 2.76 bits per heavy atom. The molecule has 0 unspecified atom stereocenters. The van der Waals surface area contributed by atoms with Gasteiger partial charge in [-0.1, -0.05) is 54.3 Å². The van der Waals surface area contributed by atoms with Crippen LogP contribution in [0.25, 0.3) is 11.7 Å². The van der Waals surface area contributed by atoms with Crippen molar-refractivity contribution in [2.24, 2.45) is 0 Å². The maximum Gasteiger partial charge on any atom is 0.267 e. The van der Waals surface area contributed by atoms with Gasteiger partial charge in [0.05, 0.1) is 10.5 Å². The van der Waals surface area contributed by atoms with Crippen molar-refractivity contribution < 1.29 is 9.53 Å². The number of nitrogens with zero attached hydrogens (tertiary/aromatic N) is 4. The lowest BCUT2D eigenvalue weighted by Crippen LogP contribution is -2.34. The topological polar surface area (TPSA) is 67.2 Å². The number of thiocarbonyl (C=S) groups is 1. The van der Waals surface area contributed by atoms with E-state index in [1.807, 2.05) is 18.2 Å². The van der Waals surface area contributed by atoms with E-state index in [-0.39, 0.29) is 11.5 Å². The van der Waals surface area contributed by atoms with E-state index in [1.165, 1.54) is 27.3 Å². The Kier molecular flexibility index (Phi) is 6.49. The number of hydrogen-bond donors (Lipinski definition) is 0. The van der Waals surface area contributed by atoms with Crippen LogP contribution in [0.1, 0.15) is 23.1 Å². The van der Waals surface area contributed by atoms with E-state index in [0.717, 1.165) is 13.0 Å². The van der Waals surface area contributed by atoms with Crippen molar-refractivity contribution in [2.75, 3.05) is 31.7 Å². The largest absolute Gasteiger partial charge is 0.385 e. The zero-order chi connectivity index (χ0) is 23.7. The maximum absolute atomic E-state index is 13.6. The molecule has 0 saturated carbocycles. The van der Waals surface area contributed by atoms with Crippen molar-refractivity contribution in [2.45, 2.75) is 19.4 Å². The standard InChI is InChI=1S/C25H24N4O3S2/c1-32-14-6-12-29-24(31)20(34-25(29)33)15-19-22(26-21-9-4-5-11-28(21)23(19)30)27-13-10-17-7-2-3-8-18(17)16-27/h2-5,7-9,11,15H,6,10,12-14,16H2,1H3/b20-15-. The molecule has 0 atom stereocenters. The lowest BCUT2D eigenvalue weighted by atomic mass is 9.99. The van der Waals surface area contributed by atoms with Crippen molar-refractivity contribution in [3.63, 3.8) is 0 Å². The molecule has 1 saturated heterocycles. The lowest BCUT2D eigenvalue weighted by molar-refractivity contribution is -0.122. The van der Waals surface area contributed by atoms with Crippen LogP contribution in [0.5, 0.6) is 0 Å². The number of ether oxygens (including phenoxy) is 1. The van der Waals surface area contributed by atoms with Crippen molar-refractivity contribution in [3.8, 4) is 0 Å². The van der Waals surface area contributed by atoms with Crippen LogP contribution in [0.2, 0.25) is 0 Å². The summed E-state index contributed by atoms with van der Waals surface area (Å²) in [6.45, 7) is 2.43. The maximum atomic E-state index is 13.6. The second-order valence-electron chi connectivity index (χ2n) is 8.20. The van der Waals surface area contributed by atoms with Gasteiger partial charge >= 0.3 is 0 Å². The molecule has 0 spiro atoms. The summed E-state index contributed by atoms with van der Waals surface area (Å²) < 4.78 is 7.11. The normalized spacial score (nSPS) is 17.1. The number of amides is 1. The van der Waals surface area contributed by atoms with E-state index < -0.39 is 0 Å². The molecule has 2 aromatic heterocycles. The summed E-state index contributed by atoms with van der Waals surface area (Å²) in [7, 11) is 1.63. The summed E-state index contributed by atoms with van der Waals surface area (Å²) in [5.74, 6) is 0.411. The summed E-state index contributed by atoms with van der Waals surface area (Å²) in [5.41, 5.74) is 3.31. The summed E-state index contributed by atoms with van der Waals surface area (Å²) in [5, 5.41) is 0. The molecule has 9 heteroatoms. The number of methoxy groups -OCH3 is 1. The fraction of sp³-hybridized carbons (Fsp3) is 0.280. The zero-order valence-corrected chi connectivity index (χ0v) is 20.4. The lowest BCUT2D eigenvalue weighted by Gasteiger charge is -2.30. The third kappa shape index (κ3) is 4.26. The molecular formula is C25H24N4O3S2. The Morgan fingerprint density at radius 2 is 1.94 bits per heavy atom. The monoisotopic (exact) mass is 492 g/mol. The second kappa shape index (κ2) is 9.69. The van der Waals surface area contributed by atoms with Gasteiger partial charge in [-0.2, -0.15) is 0 Å². The van der Waals surface area contributed by atoms with Crippen LogP contribution in [0.15, 0.2) is 58.4 Å².